The molecule has 1 N–H and O–H groups in total. The number of hydrogen-bond donors (Lipinski definition) is 1. The molecule has 0 amide bonds. The van der Waals surface area contributed by atoms with E-state index in [-0.39, 0.29) is 5.41 Å². The summed E-state index contributed by atoms with van der Waals surface area (Å²) in [7, 11) is 0. The first-order chi connectivity index (χ1) is 11.9. The summed E-state index contributed by atoms with van der Waals surface area (Å²) in [5, 5.41) is 4.73. The molecule has 3 aromatic rings. The average molecular weight is 355 g/mol. The van der Waals surface area contributed by atoms with Crippen LogP contribution in [0.5, 0.6) is 0 Å². The SMILES string of the molecule is Cc1nccn1Cc1cccc(CNCc2cnc(C(C)(C)C)s2)c1. The topological polar surface area (TPSA) is 42.7 Å². The minimum atomic E-state index is 0.128. The van der Waals surface area contributed by atoms with Gasteiger partial charge in [-0.15, -0.1) is 11.3 Å². The summed E-state index contributed by atoms with van der Waals surface area (Å²) in [4.78, 5) is 10.1. The van der Waals surface area contributed by atoms with Gasteiger partial charge in [-0.3, -0.25) is 0 Å². The summed E-state index contributed by atoms with van der Waals surface area (Å²) in [6.07, 6.45) is 5.87. The summed E-state index contributed by atoms with van der Waals surface area (Å²) >= 11 is 1.80. The van der Waals surface area contributed by atoms with Crippen LogP contribution in [0.3, 0.4) is 0 Å². The maximum Gasteiger partial charge on any atom is 0.105 e. The Hall–Kier alpha value is -1.98. The van der Waals surface area contributed by atoms with E-state index in [2.05, 4.69) is 64.9 Å². The molecule has 132 valence electrons. The number of nitrogens with one attached hydrogen (secondary N) is 1. The highest BCUT2D eigenvalue weighted by Crippen LogP contribution is 2.26. The normalized spacial score (nSPS) is 11.8. The van der Waals surface area contributed by atoms with Crippen molar-refractivity contribution in [1.82, 2.24) is 19.9 Å². The van der Waals surface area contributed by atoms with E-state index in [0.29, 0.717) is 0 Å². The van der Waals surface area contributed by atoms with Crippen molar-refractivity contribution in [1.29, 1.82) is 0 Å². The van der Waals surface area contributed by atoms with Crippen molar-refractivity contribution in [3.8, 4) is 0 Å². The number of benzene rings is 1. The van der Waals surface area contributed by atoms with Gasteiger partial charge in [-0.25, -0.2) is 9.97 Å². The molecule has 0 aliphatic carbocycles. The van der Waals surface area contributed by atoms with Gasteiger partial charge in [0.15, 0.2) is 0 Å². The van der Waals surface area contributed by atoms with Crippen LogP contribution in [0, 0.1) is 6.92 Å². The molecular formula is C20H26N4S. The minimum Gasteiger partial charge on any atom is -0.331 e. The van der Waals surface area contributed by atoms with Crippen molar-refractivity contribution < 1.29 is 0 Å². The van der Waals surface area contributed by atoms with Crippen molar-refractivity contribution >= 4 is 11.3 Å². The predicted octanol–water partition coefficient (Wildman–Crippen LogP) is 4.28. The molecule has 25 heavy (non-hydrogen) atoms. The molecule has 2 heterocycles. The molecule has 4 nitrogen and oxygen atoms in total. The lowest BCUT2D eigenvalue weighted by Gasteiger charge is -2.13. The number of imidazole rings is 1. The molecule has 0 bridgehead atoms. The van der Waals surface area contributed by atoms with Gasteiger partial charge in [0.1, 0.15) is 5.82 Å². The first kappa shape index (κ1) is 17.8. The van der Waals surface area contributed by atoms with Gasteiger partial charge in [-0.05, 0) is 18.1 Å². The second kappa shape index (κ2) is 7.50. The highest BCUT2D eigenvalue weighted by atomic mass is 32.1. The lowest BCUT2D eigenvalue weighted by molar-refractivity contribution is 0.585. The Labute approximate surface area is 154 Å². The smallest absolute Gasteiger partial charge is 0.105 e. The van der Waals surface area contributed by atoms with Crippen LogP contribution < -0.4 is 5.32 Å². The zero-order chi connectivity index (χ0) is 17.9. The van der Waals surface area contributed by atoms with Gasteiger partial charge in [0, 0.05) is 48.5 Å². The molecule has 0 spiro atoms. The zero-order valence-electron chi connectivity index (χ0n) is 15.4. The standard InChI is InChI=1S/C20H26N4S/c1-15-22-8-9-24(15)14-17-7-5-6-16(10-17)11-21-12-18-13-23-19(25-18)20(2,3)4/h5-10,13,21H,11-12,14H2,1-4H3. The molecule has 0 atom stereocenters. The molecule has 0 unspecified atom stereocenters. The second-order valence-electron chi connectivity index (χ2n) is 7.41. The predicted molar refractivity (Wildman–Crippen MR) is 104 cm³/mol. The van der Waals surface area contributed by atoms with E-state index >= 15 is 0 Å². The Bertz CT molecular complexity index is 826. The lowest BCUT2D eigenvalue weighted by Crippen LogP contribution is -2.12. The number of aromatic nitrogens is 3. The van der Waals surface area contributed by atoms with Gasteiger partial charge in [-0.2, -0.15) is 0 Å². The van der Waals surface area contributed by atoms with E-state index in [4.69, 9.17) is 0 Å². The molecule has 0 saturated heterocycles. The van der Waals surface area contributed by atoms with Crippen LogP contribution in [0.15, 0.2) is 42.9 Å². The Kier molecular flexibility index (Phi) is 5.35. The quantitative estimate of drug-likeness (QED) is 0.718. The van der Waals surface area contributed by atoms with E-state index in [1.807, 2.05) is 25.5 Å². The highest BCUT2D eigenvalue weighted by molar-refractivity contribution is 7.11. The molecule has 0 saturated carbocycles. The summed E-state index contributed by atoms with van der Waals surface area (Å²) in [6.45, 7) is 11.2. The largest absolute Gasteiger partial charge is 0.331 e. The lowest BCUT2D eigenvalue weighted by atomic mass is 9.98. The van der Waals surface area contributed by atoms with Crippen LogP contribution >= 0.6 is 11.3 Å². The summed E-state index contributed by atoms with van der Waals surface area (Å²) in [5.74, 6) is 1.04. The Morgan fingerprint density at radius 1 is 1.12 bits per heavy atom. The fourth-order valence-corrected chi connectivity index (χ4v) is 3.61. The Morgan fingerprint density at radius 2 is 1.92 bits per heavy atom. The molecule has 0 aliphatic heterocycles. The molecule has 1 aromatic carbocycles. The third-order valence-corrected chi connectivity index (χ3v) is 5.51. The van der Waals surface area contributed by atoms with Crippen LogP contribution in [0.1, 0.15) is 47.6 Å². The number of nitrogens with zero attached hydrogens (tertiary/aromatic N) is 3. The third-order valence-electron chi connectivity index (χ3n) is 4.09. The van der Waals surface area contributed by atoms with Gasteiger partial charge < -0.3 is 9.88 Å². The summed E-state index contributed by atoms with van der Waals surface area (Å²) in [5.41, 5.74) is 2.73. The number of rotatable bonds is 6. The van der Waals surface area contributed by atoms with Crippen LogP contribution in [0.25, 0.3) is 0 Å². The van der Waals surface area contributed by atoms with Crippen LogP contribution in [-0.4, -0.2) is 14.5 Å². The Morgan fingerprint density at radius 3 is 2.60 bits per heavy atom. The average Bonchev–Trinajstić information content (AvgIpc) is 3.18. The molecule has 5 heteroatoms. The molecule has 3 rings (SSSR count). The molecule has 0 radical (unpaired) electrons. The molecule has 2 aromatic heterocycles. The van der Waals surface area contributed by atoms with E-state index in [1.54, 1.807) is 11.3 Å². The Balaban J connectivity index is 1.56. The zero-order valence-corrected chi connectivity index (χ0v) is 16.2. The maximum absolute atomic E-state index is 4.55. The highest BCUT2D eigenvalue weighted by Gasteiger charge is 2.17. The monoisotopic (exact) mass is 354 g/mol. The number of thiazole rings is 1. The fourth-order valence-electron chi connectivity index (χ4n) is 2.67. The molecule has 0 aliphatic rings. The minimum absolute atomic E-state index is 0.128. The first-order valence-corrected chi connectivity index (χ1v) is 9.45. The van der Waals surface area contributed by atoms with E-state index in [1.165, 1.54) is 21.0 Å². The van der Waals surface area contributed by atoms with Gasteiger partial charge >= 0.3 is 0 Å². The van der Waals surface area contributed by atoms with Crippen molar-refractivity contribution in [2.45, 2.75) is 52.7 Å². The van der Waals surface area contributed by atoms with Crippen LogP contribution in [-0.2, 0) is 25.0 Å². The summed E-state index contributed by atoms with van der Waals surface area (Å²) in [6, 6.07) is 8.73. The van der Waals surface area contributed by atoms with E-state index < -0.39 is 0 Å². The van der Waals surface area contributed by atoms with Crippen LogP contribution in [0.4, 0.5) is 0 Å². The number of hydrogen-bond acceptors (Lipinski definition) is 4. The van der Waals surface area contributed by atoms with Crippen molar-refractivity contribution in [2.75, 3.05) is 0 Å². The molecule has 0 fully saturated rings. The van der Waals surface area contributed by atoms with Crippen molar-refractivity contribution in [2.24, 2.45) is 0 Å². The van der Waals surface area contributed by atoms with Crippen molar-refractivity contribution in [3.63, 3.8) is 0 Å². The van der Waals surface area contributed by atoms with Crippen LogP contribution in [0.2, 0.25) is 0 Å². The van der Waals surface area contributed by atoms with Crippen molar-refractivity contribution in [3.05, 3.63) is 69.7 Å². The van der Waals surface area contributed by atoms with E-state index in [9.17, 15) is 0 Å². The maximum atomic E-state index is 4.55. The second-order valence-corrected chi connectivity index (χ2v) is 8.52. The van der Waals surface area contributed by atoms with Gasteiger partial charge in [0.25, 0.3) is 0 Å². The van der Waals surface area contributed by atoms with Gasteiger partial charge in [-0.1, -0.05) is 45.0 Å². The van der Waals surface area contributed by atoms with Gasteiger partial charge in [0.05, 0.1) is 5.01 Å². The summed E-state index contributed by atoms with van der Waals surface area (Å²) < 4.78 is 2.16. The fraction of sp³-hybridized carbons (Fsp3) is 0.400. The van der Waals surface area contributed by atoms with E-state index in [0.717, 1.165) is 25.5 Å². The number of aryl methyl sites for hydroxylation is 1. The van der Waals surface area contributed by atoms with Gasteiger partial charge in [0.2, 0.25) is 0 Å². The third kappa shape index (κ3) is 4.77. The molecular weight excluding hydrogens is 328 g/mol. The first-order valence-electron chi connectivity index (χ1n) is 8.63.